The van der Waals surface area contributed by atoms with Gasteiger partial charge in [0, 0.05) is 6.61 Å². The van der Waals surface area contributed by atoms with Crippen LogP contribution in [0.1, 0.15) is 38.1 Å². The summed E-state index contributed by atoms with van der Waals surface area (Å²) in [5.41, 5.74) is 1.93. The monoisotopic (exact) mass is 290 g/mol. The molecule has 112 valence electrons. The molecule has 21 heavy (non-hydrogen) atoms. The summed E-state index contributed by atoms with van der Waals surface area (Å²) in [4.78, 5) is 24.4. The van der Waals surface area contributed by atoms with E-state index in [0.29, 0.717) is 23.5 Å². The third kappa shape index (κ3) is 2.87. The Kier molecular flexibility index (Phi) is 4.10. The molecule has 2 aromatic heterocycles. The van der Waals surface area contributed by atoms with E-state index in [2.05, 4.69) is 15.0 Å². The van der Waals surface area contributed by atoms with Gasteiger partial charge in [0.05, 0.1) is 25.0 Å². The zero-order valence-corrected chi connectivity index (χ0v) is 12.0. The van der Waals surface area contributed by atoms with Gasteiger partial charge >= 0.3 is 5.97 Å². The summed E-state index contributed by atoms with van der Waals surface area (Å²) in [5.74, 6) is -0.305. The molecule has 3 rings (SSSR count). The number of esters is 1. The first-order chi connectivity index (χ1) is 10.3. The normalized spacial score (nSPS) is 18.8. The van der Waals surface area contributed by atoms with Gasteiger partial charge in [-0.15, -0.1) is 0 Å². The van der Waals surface area contributed by atoms with Crippen LogP contribution in [0.15, 0.2) is 12.7 Å². The summed E-state index contributed by atoms with van der Waals surface area (Å²) in [6.45, 7) is 2.89. The Labute approximate surface area is 122 Å². The molecule has 1 saturated heterocycles. The van der Waals surface area contributed by atoms with E-state index in [1.165, 1.54) is 6.33 Å². The number of carbonyl (C=O) groups excluding carboxylic acids is 1. The molecular formula is C14H18N4O3. The summed E-state index contributed by atoms with van der Waals surface area (Å²) < 4.78 is 12.6. The highest BCUT2D eigenvalue weighted by molar-refractivity contribution is 5.80. The third-order valence-electron chi connectivity index (χ3n) is 3.52. The van der Waals surface area contributed by atoms with Gasteiger partial charge in [0.15, 0.2) is 5.65 Å². The van der Waals surface area contributed by atoms with Gasteiger partial charge in [0.2, 0.25) is 0 Å². The van der Waals surface area contributed by atoms with Gasteiger partial charge < -0.3 is 9.47 Å². The Hall–Kier alpha value is -2.02. The van der Waals surface area contributed by atoms with Crippen molar-refractivity contribution in [2.45, 2.75) is 38.8 Å². The first kappa shape index (κ1) is 13.9. The van der Waals surface area contributed by atoms with Gasteiger partial charge in [-0.1, -0.05) is 0 Å². The van der Waals surface area contributed by atoms with Crippen LogP contribution >= 0.6 is 0 Å². The zero-order chi connectivity index (χ0) is 14.7. The Balaban J connectivity index is 1.90. The number of nitrogens with zero attached hydrogens (tertiary/aromatic N) is 4. The minimum atomic E-state index is -0.305. The standard InChI is InChI=1S/C14H18N4O3/c1-2-20-12(19)7-10-13-14(16-8-15-10)18(9-17-13)11-5-3-4-6-21-11/h8-9,11H,2-7H2,1H3. The van der Waals surface area contributed by atoms with Gasteiger partial charge in [-0.05, 0) is 26.2 Å². The predicted molar refractivity (Wildman–Crippen MR) is 74.5 cm³/mol. The van der Waals surface area contributed by atoms with Crippen molar-refractivity contribution in [3.05, 3.63) is 18.3 Å². The van der Waals surface area contributed by atoms with Crippen LogP contribution in [0.5, 0.6) is 0 Å². The average molecular weight is 290 g/mol. The maximum absolute atomic E-state index is 11.6. The molecule has 7 heteroatoms. The zero-order valence-electron chi connectivity index (χ0n) is 12.0. The van der Waals surface area contributed by atoms with Crippen LogP contribution < -0.4 is 0 Å². The van der Waals surface area contributed by atoms with E-state index in [4.69, 9.17) is 9.47 Å². The Bertz CT molecular complexity index is 634. The number of imidazole rings is 1. The largest absolute Gasteiger partial charge is 0.466 e. The number of hydrogen-bond acceptors (Lipinski definition) is 6. The lowest BCUT2D eigenvalue weighted by atomic mass is 10.2. The number of hydrogen-bond donors (Lipinski definition) is 0. The topological polar surface area (TPSA) is 79.1 Å². The summed E-state index contributed by atoms with van der Waals surface area (Å²) in [6, 6.07) is 0. The summed E-state index contributed by atoms with van der Waals surface area (Å²) in [5, 5.41) is 0. The fourth-order valence-electron chi connectivity index (χ4n) is 2.53. The second-order valence-electron chi connectivity index (χ2n) is 4.95. The molecule has 1 atom stereocenters. The maximum Gasteiger partial charge on any atom is 0.311 e. The van der Waals surface area contributed by atoms with Crippen LogP contribution in [-0.4, -0.2) is 38.7 Å². The van der Waals surface area contributed by atoms with Crippen molar-refractivity contribution < 1.29 is 14.3 Å². The minimum absolute atomic E-state index is 0.0332. The Morgan fingerprint density at radius 3 is 3.10 bits per heavy atom. The van der Waals surface area contributed by atoms with Gasteiger partial charge in [-0.25, -0.2) is 15.0 Å². The van der Waals surface area contributed by atoms with Crippen LogP contribution in [0, 0.1) is 0 Å². The maximum atomic E-state index is 11.6. The molecule has 1 aliphatic heterocycles. The molecule has 0 bridgehead atoms. The molecule has 0 amide bonds. The first-order valence-electron chi connectivity index (χ1n) is 7.23. The molecular weight excluding hydrogens is 272 g/mol. The van der Waals surface area contributed by atoms with Crippen LogP contribution in [0.3, 0.4) is 0 Å². The minimum Gasteiger partial charge on any atom is -0.466 e. The SMILES string of the molecule is CCOC(=O)Cc1ncnc2c1ncn2C1CCCCO1. The van der Waals surface area contributed by atoms with Gasteiger partial charge in [-0.2, -0.15) is 0 Å². The molecule has 0 aliphatic carbocycles. The molecule has 2 aromatic rings. The molecule has 3 heterocycles. The molecule has 1 fully saturated rings. The van der Waals surface area contributed by atoms with E-state index in [0.717, 1.165) is 25.9 Å². The quantitative estimate of drug-likeness (QED) is 0.796. The van der Waals surface area contributed by atoms with Crippen molar-refractivity contribution in [2.75, 3.05) is 13.2 Å². The molecule has 0 aromatic carbocycles. The number of rotatable bonds is 4. The lowest BCUT2D eigenvalue weighted by molar-refractivity contribution is -0.142. The first-order valence-corrected chi connectivity index (χ1v) is 7.23. The Morgan fingerprint density at radius 2 is 2.33 bits per heavy atom. The van der Waals surface area contributed by atoms with Crippen LogP contribution in [0.4, 0.5) is 0 Å². The molecule has 0 radical (unpaired) electrons. The van der Waals surface area contributed by atoms with Crippen LogP contribution in [0.25, 0.3) is 11.2 Å². The number of aromatic nitrogens is 4. The van der Waals surface area contributed by atoms with Gasteiger partial charge in [0.1, 0.15) is 18.1 Å². The molecule has 0 saturated carbocycles. The predicted octanol–water partition coefficient (Wildman–Crippen LogP) is 1.63. The summed E-state index contributed by atoms with van der Waals surface area (Å²) in [6.07, 6.45) is 6.41. The van der Waals surface area contributed by atoms with Crippen molar-refractivity contribution in [3.63, 3.8) is 0 Å². The van der Waals surface area contributed by atoms with E-state index in [-0.39, 0.29) is 18.6 Å². The van der Waals surface area contributed by atoms with Crippen molar-refractivity contribution >= 4 is 17.1 Å². The van der Waals surface area contributed by atoms with E-state index in [9.17, 15) is 4.79 Å². The van der Waals surface area contributed by atoms with Gasteiger partial charge in [-0.3, -0.25) is 9.36 Å². The highest BCUT2D eigenvalue weighted by Gasteiger charge is 2.20. The van der Waals surface area contributed by atoms with Crippen molar-refractivity contribution in [1.29, 1.82) is 0 Å². The fraction of sp³-hybridized carbons (Fsp3) is 0.571. The van der Waals surface area contributed by atoms with E-state index >= 15 is 0 Å². The number of carbonyl (C=O) groups is 1. The molecule has 0 N–H and O–H groups in total. The van der Waals surface area contributed by atoms with E-state index in [1.54, 1.807) is 13.3 Å². The van der Waals surface area contributed by atoms with Gasteiger partial charge in [0.25, 0.3) is 0 Å². The summed E-state index contributed by atoms with van der Waals surface area (Å²) in [7, 11) is 0. The Morgan fingerprint density at radius 1 is 1.43 bits per heavy atom. The third-order valence-corrected chi connectivity index (χ3v) is 3.52. The second kappa shape index (κ2) is 6.17. The highest BCUT2D eigenvalue weighted by Crippen LogP contribution is 2.26. The fourth-order valence-corrected chi connectivity index (χ4v) is 2.53. The van der Waals surface area contributed by atoms with Crippen molar-refractivity contribution in [2.24, 2.45) is 0 Å². The average Bonchev–Trinajstić information content (AvgIpc) is 2.93. The van der Waals surface area contributed by atoms with Crippen LogP contribution in [0.2, 0.25) is 0 Å². The lowest BCUT2D eigenvalue weighted by Crippen LogP contribution is -2.17. The molecule has 1 aliphatic rings. The second-order valence-corrected chi connectivity index (χ2v) is 4.95. The smallest absolute Gasteiger partial charge is 0.311 e. The molecule has 0 spiro atoms. The van der Waals surface area contributed by atoms with Crippen LogP contribution in [-0.2, 0) is 20.7 Å². The van der Waals surface area contributed by atoms with Crippen molar-refractivity contribution in [3.8, 4) is 0 Å². The molecule has 1 unspecified atom stereocenters. The highest BCUT2D eigenvalue weighted by atomic mass is 16.5. The number of ether oxygens (including phenoxy) is 2. The van der Waals surface area contributed by atoms with Crippen molar-refractivity contribution in [1.82, 2.24) is 19.5 Å². The van der Waals surface area contributed by atoms with E-state index < -0.39 is 0 Å². The summed E-state index contributed by atoms with van der Waals surface area (Å²) >= 11 is 0. The van der Waals surface area contributed by atoms with E-state index in [1.807, 2.05) is 4.57 Å². The molecule has 7 nitrogen and oxygen atoms in total. The number of fused-ring (bicyclic) bond motifs is 1. The lowest BCUT2D eigenvalue weighted by Gasteiger charge is -2.23.